The van der Waals surface area contributed by atoms with Gasteiger partial charge in [-0.15, -0.1) is 11.3 Å². The molecule has 8 nitrogen and oxygen atoms in total. The van der Waals surface area contributed by atoms with E-state index in [0.717, 1.165) is 16.0 Å². The molecule has 3 aromatic heterocycles. The first kappa shape index (κ1) is 14.1. The van der Waals surface area contributed by atoms with E-state index in [1.54, 1.807) is 16.0 Å². The number of rotatable bonds is 2. The lowest BCUT2D eigenvalue weighted by Crippen LogP contribution is -2.29. The highest BCUT2D eigenvalue weighted by molar-refractivity contribution is 7.13. The van der Waals surface area contributed by atoms with Gasteiger partial charge in [0.15, 0.2) is 0 Å². The molecule has 0 amide bonds. The lowest BCUT2D eigenvalue weighted by Gasteiger charge is -2.27. The highest BCUT2D eigenvalue weighted by atomic mass is 32.1. The second kappa shape index (κ2) is 5.35. The van der Waals surface area contributed by atoms with Gasteiger partial charge in [-0.05, 0) is 27.4 Å². The SMILES string of the molecule is O=c1[nH]nc(-c2cccs2)c2c1Nc1nnnn1[C@H]2c1ccccc1. The molecule has 122 valence electrons. The molecule has 1 aliphatic heterocycles. The highest BCUT2D eigenvalue weighted by Crippen LogP contribution is 2.41. The summed E-state index contributed by atoms with van der Waals surface area (Å²) in [7, 11) is 0. The van der Waals surface area contributed by atoms with Gasteiger partial charge in [-0.2, -0.15) is 9.78 Å². The summed E-state index contributed by atoms with van der Waals surface area (Å²) in [6.07, 6.45) is 0. The lowest BCUT2D eigenvalue weighted by atomic mass is 9.94. The van der Waals surface area contributed by atoms with Crippen molar-refractivity contribution in [2.24, 2.45) is 0 Å². The molecular weight excluding hydrogens is 338 g/mol. The Morgan fingerprint density at radius 2 is 2.00 bits per heavy atom. The van der Waals surface area contributed by atoms with Crippen LogP contribution in [0.15, 0.2) is 52.6 Å². The van der Waals surface area contributed by atoms with Crippen LogP contribution in [0.2, 0.25) is 0 Å². The number of benzene rings is 1. The molecule has 4 aromatic rings. The summed E-state index contributed by atoms with van der Waals surface area (Å²) in [5, 5.41) is 23.8. The Morgan fingerprint density at radius 3 is 2.80 bits per heavy atom. The first-order chi connectivity index (χ1) is 12.3. The van der Waals surface area contributed by atoms with Crippen LogP contribution >= 0.6 is 11.3 Å². The van der Waals surface area contributed by atoms with Crippen molar-refractivity contribution in [1.82, 2.24) is 30.4 Å². The number of nitrogens with one attached hydrogen (secondary N) is 2. The Hall–Kier alpha value is -3.33. The van der Waals surface area contributed by atoms with E-state index in [1.165, 1.54) is 0 Å². The van der Waals surface area contributed by atoms with Crippen molar-refractivity contribution in [1.29, 1.82) is 0 Å². The number of hydrogen-bond donors (Lipinski definition) is 2. The van der Waals surface area contributed by atoms with Crippen LogP contribution in [-0.4, -0.2) is 30.4 Å². The number of thiophene rings is 1. The van der Waals surface area contributed by atoms with Crippen molar-refractivity contribution in [3.8, 4) is 10.6 Å². The second-order valence-electron chi connectivity index (χ2n) is 5.55. The zero-order valence-corrected chi connectivity index (χ0v) is 13.6. The predicted octanol–water partition coefficient (Wildman–Crippen LogP) is 2.18. The molecule has 5 rings (SSSR count). The summed E-state index contributed by atoms with van der Waals surface area (Å²) in [6, 6.07) is 13.4. The minimum atomic E-state index is -0.339. The van der Waals surface area contributed by atoms with Crippen LogP contribution in [0.1, 0.15) is 17.2 Å². The number of aromatic amines is 1. The summed E-state index contributed by atoms with van der Waals surface area (Å²) in [5.74, 6) is 0.426. The van der Waals surface area contributed by atoms with Gasteiger partial charge in [0.05, 0.1) is 4.88 Å². The second-order valence-corrected chi connectivity index (χ2v) is 6.50. The maximum absolute atomic E-state index is 12.4. The largest absolute Gasteiger partial charge is 0.318 e. The summed E-state index contributed by atoms with van der Waals surface area (Å²) < 4.78 is 1.68. The summed E-state index contributed by atoms with van der Waals surface area (Å²) in [5.41, 5.74) is 2.58. The maximum Gasteiger partial charge on any atom is 0.288 e. The van der Waals surface area contributed by atoms with Crippen LogP contribution in [0.3, 0.4) is 0 Å². The van der Waals surface area contributed by atoms with E-state index in [-0.39, 0.29) is 11.6 Å². The average Bonchev–Trinajstić information content (AvgIpc) is 3.33. The standard InChI is InChI=1S/C16H11N7OS/c24-15-13-11(12(18-19-15)10-7-4-8-25-10)14(9-5-2-1-3-6-9)23-16(17-13)20-21-22-23/h1-8,14H,(H,19,24)(H,17,20,22)/t14-/m0/s1. The Bertz CT molecular complexity index is 1100. The number of nitrogens with zero attached hydrogens (tertiary/aromatic N) is 5. The van der Waals surface area contributed by atoms with Crippen molar-refractivity contribution >= 4 is 23.0 Å². The molecule has 4 heterocycles. The average molecular weight is 349 g/mol. The fourth-order valence-electron chi connectivity index (χ4n) is 3.08. The minimum Gasteiger partial charge on any atom is -0.318 e. The van der Waals surface area contributed by atoms with E-state index < -0.39 is 0 Å². The van der Waals surface area contributed by atoms with Crippen molar-refractivity contribution in [3.63, 3.8) is 0 Å². The zero-order chi connectivity index (χ0) is 16.8. The van der Waals surface area contributed by atoms with Crippen LogP contribution in [0.5, 0.6) is 0 Å². The highest BCUT2D eigenvalue weighted by Gasteiger charge is 2.34. The molecule has 1 aliphatic rings. The van der Waals surface area contributed by atoms with Gasteiger partial charge in [-0.1, -0.05) is 41.5 Å². The third-order valence-corrected chi connectivity index (χ3v) is 5.01. The first-order valence-corrected chi connectivity index (χ1v) is 8.47. The van der Waals surface area contributed by atoms with Crippen molar-refractivity contribution in [3.05, 3.63) is 69.3 Å². The molecule has 1 aromatic carbocycles. The van der Waals surface area contributed by atoms with E-state index in [0.29, 0.717) is 17.3 Å². The number of hydrogen-bond acceptors (Lipinski definition) is 7. The quantitative estimate of drug-likeness (QED) is 0.506. The van der Waals surface area contributed by atoms with Crippen LogP contribution in [-0.2, 0) is 0 Å². The van der Waals surface area contributed by atoms with E-state index >= 15 is 0 Å². The number of H-pyrrole nitrogens is 1. The molecule has 0 fully saturated rings. The van der Waals surface area contributed by atoms with Crippen LogP contribution in [0, 0.1) is 0 Å². The van der Waals surface area contributed by atoms with Crippen LogP contribution < -0.4 is 10.9 Å². The van der Waals surface area contributed by atoms with Gasteiger partial charge in [0.1, 0.15) is 17.4 Å². The molecule has 2 N–H and O–H groups in total. The summed E-state index contributed by atoms with van der Waals surface area (Å²) in [4.78, 5) is 13.4. The molecule has 1 atom stereocenters. The van der Waals surface area contributed by atoms with Crippen molar-refractivity contribution < 1.29 is 0 Å². The van der Waals surface area contributed by atoms with E-state index in [1.807, 2.05) is 47.8 Å². The molecule has 0 aliphatic carbocycles. The molecule has 0 spiro atoms. The molecule has 0 radical (unpaired) electrons. The van der Waals surface area contributed by atoms with Crippen LogP contribution in [0.25, 0.3) is 10.6 Å². The topological polar surface area (TPSA) is 101 Å². The van der Waals surface area contributed by atoms with E-state index in [2.05, 4.69) is 31.0 Å². The molecule has 25 heavy (non-hydrogen) atoms. The molecule has 0 saturated carbocycles. The Balaban J connectivity index is 1.85. The molecule has 0 bridgehead atoms. The lowest BCUT2D eigenvalue weighted by molar-refractivity contribution is 0.567. The van der Waals surface area contributed by atoms with Gasteiger partial charge in [0.25, 0.3) is 5.56 Å². The third-order valence-electron chi connectivity index (χ3n) is 4.14. The number of fused-ring (bicyclic) bond motifs is 2. The van der Waals surface area contributed by atoms with Gasteiger partial charge >= 0.3 is 0 Å². The fourth-order valence-corrected chi connectivity index (χ4v) is 3.81. The number of anilines is 2. The minimum absolute atomic E-state index is 0.300. The van der Waals surface area contributed by atoms with Gasteiger partial charge in [0, 0.05) is 5.56 Å². The Kier molecular flexibility index (Phi) is 3.01. The summed E-state index contributed by atoms with van der Waals surface area (Å²) in [6.45, 7) is 0. The zero-order valence-electron chi connectivity index (χ0n) is 12.7. The molecule has 0 saturated heterocycles. The molecule has 0 unspecified atom stereocenters. The fraction of sp³-hybridized carbons (Fsp3) is 0.0625. The molecule has 9 heteroatoms. The third kappa shape index (κ3) is 2.09. The summed E-state index contributed by atoms with van der Waals surface area (Å²) >= 11 is 1.56. The van der Waals surface area contributed by atoms with E-state index in [4.69, 9.17) is 0 Å². The normalized spacial score (nSPS) is 15.3. The smallest absolute Gasteiger partial charge is 0.288 e. The number of tetrazole rings is 1. The number of aromatic nitrogens is 6. The van der Waals surface area contributed by atoms with Crippen molar-refractivity contribution in [2.45, 2.75) is 6.04 Å². The first-order valence-electron chi connectivity index (χ1n) is 7.59. The van der Waals surface area contributed by atoms with Gasteiger partial charge < -0.3 is 5.32 Å². The van der Waals surface area contributed by atoms with Gasteiger partial charge in [-0.3, -0.25) is 4.79 Å². The maximum atomic E-state index is 12.4. The van der Waals surface area contributed by atoms with E-state index in [9.17, 15) is 4.79 Å². The Labute approximate surface area is 145 Å². The van der Waals surface area contributed by atoms with Crippen LogP contribution in [0.4, 0.5) is 11.6 Å². The van der Waals surface area contributed by atoms with Crippen molar-refractivity contribution in [2.75, 3.05) is 5.32 Å². The monoisotopic (exact) mass is 349 g/mol. The Morgan fingerprint density at radius 1 is 1.12 bits per heavy atom. The predicted molar refractivity (Wildman–Crippen MR) is 93.0 cm³/mol. The van der Waals surface area contributed by atoms with Gasteiger partial charge in [0.2, 0.25) is 5.95 Å². The molecular formula is C16H11N7OS. The van der Waals surface area contributed by atoms with Gasteiger partial charge in [-0.25, -0.2) is 5.10 Å².